The number of carboxylic acid groups (broad SMARTS) is 1. The van der Waals surface area contributed by atoms with E-state index in [1.807, 2.05) is 4.57 Å². The van der Waals surface area contributed by atoms with Gasteiger partial charge in [0.05, 0.1) is 22.8 Å². The summed E-state index contributed by atoms with van der Waals surface area (Å²) in [7, 11) is 0. The molecule has 2 aliphatic heterocycles. The van der Waals surface area contributed by atoms with Gasteiger partial charge in [-0.1, -0.05) is 0 Å². The number of ether oxygens (including phenoxy) is 1. The van der Waals surface area contributed by atoms with Gasteiger partial charge in [-0.25, -0.2) is 9.18 Å². The molecule has 1 aliphatic carbocycles. The molecule has 0 radical (unpaired) electrons. The van der Waals surface area contributed by atoms with Crippen LogP contribution >= 0.6 is 0 Å². The fourth-order valence-electron chi connectivity index (χ4n) is 4.64. The van der Waals surface area contributed by atoms with Crippen LogP contribution in [0.4, 0.5) is 14.9 Å². The highest BCUT2D eigenvalue weighted by Gasteiger charge is 2.36. The molecule has 3 heterocycles. The average Bonchev–Trinajstić information content (AvgIpc) is 3.41. The minimum Gasteiger partial charge on any atom is -0.449 e. The zero-order valence-corrected chi connectivity index (χ0v) is 15.4. The number of pyridine rings is 1. The normalized spacial score (nSPS) is 24.4. The lowest BCUT2D eigenvalue weighted by atomic mass is 9.94. The molecule has 2 N–H and O–H groups in total. The van der Waals surface area contributed by atoms with Crippen LogP contribution in [0.2, 0.25) is 0 Å². The number of halogens is 1. The molecule has 148 valence electrons. The molecule has 0 bridgehead atoms. The van der Waals surface area contributed by atoms with Crippen LogP contribution < -0.4 is 20.4 Å². The Morgan fingerprint density at radius 2 is 2.07 bits per heavy atom. The highest BCUT2D eigenvalue weighted by molar-refractivity contribution is 5.85. The Kier molecular flexibility index (Phi) is 4.04. The molecular weight excluding hydrogens is 365 g/mol. The summed E-state index contributed by atoms with van der Waals surface area (Å²) in [4.78, 5) is 25.6. The summed E-state index contributed by atoms with van der Waals surface area (Å²) < 4.78 is 21.5. The lowest BCUT2D eigenvalue weighted by molar-refractivity contribution is 0.143. The molecule has 3 aliphatic rings. The van der Waals surface area contributed by atoms with E-state index in [4.69, 9.17) is 5.11 Å². The molecule has 0 amide bonds. The number of aromatic nitrogens is 1. The Balaban J connectivity index is 1.61. The number of hydrogen-bond donors (Lipinski definition) is 2. The van der Waals surface area contributed by atoms with Gasteiger partial charge in [0.25, 0.3) is 0 Å². The van der Waals surface area contributed by atoms with Crippen LogP contribution in [-0.4, -0.2) is 41.5 Å². The minimum absolute atomic E-state index is 0.154. The van der Waals surface area contributed by atoms with E-state index in [2.05, 4.69) is 15.0 Å². The first-order chi connectivity index (χ1) is 13.5. The molecule has 1 aromatic carbocycles. The first kappa shape index (κ1) is 17.5. The number of rotatable bonds is 3. The zero-order chi connectivity index (χ0) is 19.4. The van der Waals surface area contributed by atoms with Crippen molar-refractivity contribution in [3.8, 4) is 5.75 Å². The lowest BCUT2D eigenvalue weighted by Crippen LogP contribution is -2.40. The molecule has 2 unspecified atom stereocenters. The summed E-state index contributed by atoms with van der Waals surface area (Å²) in [5, 5.41) is 12.6. The first-order valence-corrected chi connectivity index (χ1v) is 9.79. The van der Waals surface area contributed by atoms with Crippen molar-refractivity contribution in [2.45, 2.75) is 37.8 Å². The third-order valence-corrected chi connectivity index (χ3v) is 6.15. The predicted molar refractivity (Wildman–Crippen MR) is 102 cm³/mol. The maximum Gasteiger partial charge on any atom is 0.511 e. The lowest BCUT2D eigenvalue weighted by Gasteiger charge is -2.24. The number of carbonyl (C=O) groups is 1. The van der Waals surface area contributed by atoms with Crippen LogP contribution in [0.3, 0.4) is 0 Å². The molecule has 5 rings (SSSR count). The van der Waals surface area contributed by atoms with E-state index in [9.17, 15) is 9.59 Å². The number of nitrogens with one attached hydrogen (secondary N) is 1. The van der Waals surface area contributed by atoms with Gasteiger partial charge in [0.1, 0.15) is 5.82 Å². The van der Waals surface area contributed by atoms with Crippen molar-refractivity contribution in [2.75, 3.05) is 24.5 Å². The Morgan fingerprint density at radius 3 is 2.79 bits per heavy atom. The Hall–Kier alpha value is -2.61. The second kappa shape index (κ2) is 6.48. The SMILES string of the molecule is O=C(O)Oc1cn(C2CC2)c2cc(N3CC4CCCNC4C3)c(F)cc2c1=O. The summed E-state index contributed by atoms with van der Waals surface area (Å²) in [6, 6.07) is 3.53. The van der Waals surface area contributed by atoms with Gasteiger partial charge in [-0.3, -0.25) is 4.79 Å². The van der Waals surface area contributed by atoms with Gasteiger partial charge in [-0.15, -0.1) is 0 Å². The molecule has 28 heavy (non-hydrogen) atoms. The van der Waals surface area contributed by atoms with Crippen molar-refractivity contribution in [3.63, 3.8) is 0 Å². The van der Waals surface area contributed by atoms with Gasteiger partial charge in [0.15, 0.2) is 5.75 Å². The number of piperidine rings is 1. The maximum atomic E-state index is 15.0. The fourth-order valence-corrected chi connectivity index (χ4v) is 4.64. The topological polar surface area (TPSA) is 83.8 Å². The third kappa shape index (κ3) is 2.92. The van der Waals surface area contributed by atoms with Crippen LogP contribution in [0.15, 0.2) is 23.1 Å². The van der Waals surface area contributed by atoms with Crippen molar-refractivity contribution in [1.82, 2.24) is 9.88 Å². The van der Waals surface area contributed by atoms with Crippen LogP contribution in [0.1, 0.15) is 31.7 Å². The summed E-state index contributed by atoms with van der Waals surface area (Å²) in [6.45, 7) is 2.55. The Bertz CT molecular complexity index is 1000. The molecule has 3 fully saturated rings. The molecule has 2 atom stereocenters. The minimum atomic E-state index is -1.55. The van der Waals surface area contributed by atoms with Crippen molar-refractivity contribution < 1.29 is 19.0 Å². The van der Waals surface area contributed by atoms with Crippen LogP contribution in [0.25, 0.3) is 10.9 Å². The van der Waals surface area contributed by atoms with Gasteiger partial charge >= 0.3 is 6.16 Å². The van der Waals surface area contributed by atoms with E-state index < -0.39 is 17.4 Å². The third-order valence-electron chi connectivity index (χ3n) is 6.15. The number of hydrogen-bond acceptors (Lipinski definition) is 5. The highest BCUT2D eigenvalue weighted by Crippen LogP contribution is 2.39. The summed E-state index contributed by atoms with van der Waals surface area (Å²) in [5.41, 5.74) is 0.533. The summed E-state index contributed by atoms with van der Waals surface area (Å²) in [6.07, 6.45) is 4.06. The second-order valence-corrected chi connectivity index (χ2v) is 8.02. The number of fused-ring (bicyclic) bond motifs is 2. The molecule has 2 saturated heterocycles. The van der Waals surface area contributed by atoms with E-state index >= 15 is 4.39 Å². The van der Waals surface area contributed by atoms with Crippen molar-refractivity contribution in [1.29, 1.82) is 0 Å². The molecular formula is C20H22FN3O4. The molecule has 8 heteroatoms. The number of benzene rings is 1. The van der Waals surface area contributed by atoms with E-state index in [0.717, 1.165) is 45.3 Å². The van der Waals surface area contributed by atoms with Crippen molar-refractivity contribution in [3.05, 3.63) is 34.4 Å². The monoisotopic (exact) mass is 387 g/mol. The standard InChI is InChI=1S/C20H22FN3O4/c21-14-6-13-16(7-17(14)23-8-11-2-1-5-22-15(11)9-23)24(12-3-4-12)10-18(19(13)25)28-20(26)27/h6-7,10-12,15,22H,1-5,8-9H2,(H,26,27). The van der Waals surface area contributed by atoms with Crippen LogP contribution in [0.5, 0.6) is 5.75 Å². The maximum absolute atomic E-state index is 15.0. The smallest absolute Gasteiger partial charge is 0.449 e. The average molecular weight is 387 g/mol. The Morgan fingerprint density at radius 1 is 1.25 bits per heavy atom. The van der Waals surface area contributed by atoms with E-state index in [-0.39, 0.29) is 17.2 Å². The highest BCUT2D eigenvalue weighted by atomic mass is 19.1. The first-order valence-electron chi connectivity index (χ1n) is 9.79. The molecule has 0 spiro atoms. The van der Waals surface area contributed by atoms with Crippen LogP contribution in [0, 0.1) is 11.7 Å². The van der Waals surface area contributed by atoms with E-state index in [1.54, 1.807) is 6.07 Å². The van der Waals surface area contributed by atoms with Crippen LogP contribution in [-0.2, 0) is 0 Å². The molecule has 7 nitrogen and oxygen atoms in total. The Labute approximate surface area is 160 Å². The largest absolute Gasteiger partial charge is 0.511 e. The van der Waals surface area contributed by atoms with Crippen molar-refractivity contribution >= 4 is 22.7 Å². The fraction of sp³-hybridized carbons (Fsp3) is 0.500. The quantitative estimate of drug-likeness (QED) is 0.788. The van der Waals surface area contributed by atoms with Gasteiger partial charge in [-0.2, -0.15) is 0 Å². The second-order valence-electron chi connectivity index (χ2n) is 8.02. The molecule has 2 aromatic rings. The van der Waals surface area contributed by atoms with Crippen molar-refractivity contribution in [2.24, 2.45) is 5.92 Å². The molecule has 1 aromatic heterocycles. The van der Waals surface area contributed by atoms with Gasteiger partial charge in [0, 0.05) is 25.2 Å². The predicted octanol–water partition coefficient (Wildman–Crippen LogP) is 2.72. The number of nitrogens with zero attached hydrogens (tertiary/aromatic N) is 2. The number of anilines is 1. The van der Waals surface area contributed by atoms with E-state index in [1.165, 1.54) is 12.3 Å². The summed E-state index contributed by atoms with van der Waals surface area (Å²) in [5.74, 6) is -0.227. The zero-order valence-electron chi connectivity index (χ0n) is 15.4. The molecule has 1 saturated carbocycles. The van der Waals surface area contributed by atoms with Gasteiger partial charge in [-0.05, 0) is 50.3 Å². The van der Waals surface area contributed by atoms with Gasteiger partial charge < -0.3 is 24.6 Å². The van der Waals surface area contributed by atoms with E-state index in [0.29, 0.717) is 23.2 Å². The van der Waals surface area contributed by atoms with Gasteiger partial charge in [0.2, 0.25) is 5.43 Å². The summed E-state index contributed by atoms with van der Waals surface area (Å²) >= 11 is 0.